The molecule has 0 aromatic carbocycles. The third kappa shape index (κ3) is 9.04. The standard InChI is InChI=1S/2C24H22N6O2/c2*25-23-20-13-28-22(30-24(32)18-10-17(18)15-2-1-5-26-11-15)9-16(20)8-21(29-23)19-12-27-6-3-14(19)4-7-31/h2*1-3,5-6,8-9,11-13,17-18,31H,4,7,10H2,(H2,25,29)(H,28,30,32)/t2*17-,18+/m10/s1. The number of hydrogen-bond acceptors (Lipinski definition) is 14. The van der Waals surface area contributed by atoms with Crippen LogP contribution in [0.2, 0.25) is 0 Å². The number of fused-ring (bicyclic) bond motifs is 2. The lowest BCUT2D eigenvalue weighted by atomic mass is 10.0. The average Bonchev–Trinajstić information content (AvgIpc) is 4.26. The highest BCUT2D eigenvalue weighted by atomic mass is 16.3. The Hall–Kier alpha value is -7.82. The Morgan fingerprint density at radius 3 is 1.42 bits per heavy atom. The van der Waals surface area contributed by atoms with Gasteiger partial charge in [0.15, 0.2) is 0 Å². The van der Waals surface area contributed by atoms with E-state index >= 15 is 0 Å². The molecule has 2 aliphatic carbocycles. The smallest absolute Gasteiger partial charge is 0.229 e. The molecular weight excluding hydrogens is 809 g/mol. The summed E-state index contributed by atoms with van der Waals surface area (Å²) in [5.74, 6) is 1.78. The van der Waals surface area contributed by atoms with Crippen molar-refractivity contribution >= 4 is 56.6 Å². The van der Waals surface area contributed by atoms with Gasteiger partial charge in [0.1, 0.15) is 23.3 Å². The van der Waals surface area contributed by atoms with E-state index in [0.29, 0.717) is 58.3 Å². The number of hydrogen-bond donors (Lipinski definition) is 6. The molecule has 4 atom stereocenters. The van der Waals surface area contributed by atoms with E-state index in [1.165, 1.54) is 0 Å². The zero-order valence-electron chi connectivity index (χ0n) is 34.5. The van der Waals surface area contributed by atoms with Gasteiger partial charge in [-0.05, 0) is 119 Å². The van der Waals surface area contributed by atoms with Crippen LogP contribution < -0.4 is 22.1 Å². The van der Waals surface area contributed by atoms with Gasteiger partial charge in [0.2, 0.25) is 11.8 Å². The highest BCUT2D eigenvalue weighted by molar-refractivity contribution is 6.00. The summed E-state index contributed by atoms with van der Waals surface area (Å²) in [6, 6.07) is 18.9. The van der Waals surface area contributed by atoms with Gasteiger partial charge in [0.25, 0.3) is 0 Å². The zero-order valence-corrected chi connectivity index (χ0v) is 34.5. The van der Waals surface area contributed by atoms with Gasteiger partial charge in [-0.1, -0.05) is 12.1 Å². The number of rotatable bonds is 12. The van der Waals surface area contributed by atoms with E-state index in [2.05, 4.69) is 50.5 Å². The molecule has 8 aromatic heterocycles. The van der Waals surface area contributed by atoms with E-state index in [1.807, 2.05) is 60.9 Å². The number of pyridine rings is 8. The maximum absolute atomic E-state index is 12.7. The van der Waals surface area contributed by atoms with Gasteiger partial charge in [-0.2, -0.15) is 0 Å². The number of aliphatic hydroxyl groups is 2. The molecule has 0 spiro atoms. The summed E-state index contributed by atoms with van der Waals surface area (Å²) in [7, 11) is 0. The summed E-state index contributed by atoms with van der Waals surface area (Å²) in [4.78, 5) is 59.8. The summed E-state index contributed by atoms with van der Waals surface area (Å²) in [5.41, 5.74) is 19.4. The molecule has 8 aromatic rings. The third-order valence-corrected chi connectivity index (χ3v) is 11.6. The highest BCUT2D eigenvalue weighted by Gasteiger charge is 2.45. The number of nitrogens with one attached hydrogen (secondary N) is 2. The van der Waals surface area contributed by atoms with Crippen molar-refractivity contribution in [2.24, 2.45) is 11.8 Å². The molecule has 2 saturated carbocycles. The van der Waals surface area contributed by atoms with E-state index in [9.17, 15) is 19.8 Å². The molecule has 0 aliphatic heterocycles. The van der Waals surface area contributed by atoms with Crippen molar-refractivity contribution in [2.45, 2.75) is 37.5 Å². The van der Waals surface area contributed by atoms with Gasteiger partial charge in [0.05, 0.1) is 11.4 Å². The average molecular weight is 853 g/mol. The molecule has 8 N–H and O–H groups in total. The Bertz CT molecular complexity index is 2790. The lowest BCUT2D eigenvalue weighted by molar-refractivity contribution is -0.118. The zero-order chi connectivity index (χ0) is 44.2. The maximum Gasteiger partial charge on any atom is 0.229 e. The van der Waals surface area contributed by atoms with Crippen LogP contribution in [0.3, 0.4) is 0 Å². The Morgan fingerprint density at radius 1 is 0.578 bits per heavy atom. The number of aliphatic hydroxyl groups excluding tert-OH is 2. The minimum Gasteiger partial charge on any atom is -0.396 e. The fourth-order valence-electron chi connectivity index (χ4n) is 8.08. The number of amides is 2. The molecule has 16 heteroatoms. The van der Waals surface area contributed by atoms with Crippen LogP contribution >= 0.6 is 0 Å². The van der Waals surface area contributed by atoms with Crippen LogP contribution in [0.25, 0.3) is 44.1 Å². The molecule has 0 saturated heterocycles. The summed E-state index contributed by atoms with van der Waals surface area (Å²) in [6.45, 7) is 0.0583. The van der Waals surface area contributed by atoms with Crippen LogP contribution in [-0.2, 0) is 22.4 Å². The van der Waals surface area contributed by atoms with Crippen molar-refractivity contribution in [1.29, 1.82) is 0 Å². The first-order chi connectivity index (χ1) is 31.3. The summed E-state index contributed by atoms with van der Waals surface area (Å²) < 4.78 is 0. The maximum atomic E-state index is 12.7. The topological polar surface area (TPSA) is 254 Å². The number of carbonyl (C=O) groups is 2. The minimum absolute atomic E-state index is 0.0291. The lowest BCUT2D eigenvalue weighted by Crippen LogP contribution is -2.15. The number of nitrogens with zero attached hydrogens (tertiary/aromatic N) is 8. The monoisotopic (exact) mass is 852 g/mol. The molecule has 16 nitrogen and oxygen atoms in total. The van der Waals surface area contributed by atoms with Crippen molar-refractivity contribution in [2.75, 3.05) is 35.3 Å². The molecular formula is C48H44N12O4. The number of anilines is 4. The number of aromatic nitrogens is 8. The van der Waals surface area contributed by atoms with E-state index in [0.717, 1.165) is 57.0 Å². The van der Waals surface area contributed by atoms with Crippen LogP contribution in [0.1, 0.15) is 46.9 Å². The summed E-state index contributed by atoms with van der Waals surface area (Å²) >= 11 is 0. The fourth-order valence-corrected chi connectivity index (χ4v) is 8.08. The van der Waals surface area contributed by atoms with Gasteiger partial charge in [0, 0.05) is 109 Å². The Kier molecular flexibility index (Phi) is 11.8. The predicted octanol–water partition coefficient (Wildman–Crippen LogP) is 5.89. The first-order valence-corrected chi connectivity index (χ1v) is 20.9. The quantitative estimate of drug-likeness (QED) is 0.0838. The van der Waals surface area contributed by atoms with Gasteiger partial charge in [-0.3, -0.25) is 29.5 Å². The second-order valence-corrected chi connectivity index (χ2v) is 15.8. The van der Waals surface area contributed by atoms with E-state index < -0.39 is 0 Å². The minimum atomic E-state index is -0.0776. The SMILES string of the molecule is Nc1nc(-c2cnccc2CCO)cc2cc(NC(=O)[C@@H]3C[C@H]3c3cccnc3)ncc12.Nc1nc(-c2cnccc2CCO)cc2cc(NC(=O)[C@H]3C[C@@H]3c3cccnc3)ncc12. The molecule has 2 aliphatic rings. The first-order valence-electron chi connectivity index (χ1n) is 20.9. The van der Waals surface area contributed by atoms with Crippen molar-refractivity contribution in [3.8, 4) is 22.5 Å². The van der Waals surface area contributed by atoms with Crippen LogP contribution in [-0.4, -0.2) is 75.1 Å². The van der Waals surface area contributed by atoms with Crippen LogP contribution in [0.4, 0.5) is 23.3 Å². The molecule has 0 radical (unpaired) electrons. The number of nitrogens with two attached hydrogens (primary N) is 2. The largest absolute Gasteiger partial charge is 0.396 e. The molecule has 8 heterocycles. The molecule has 2 amide bonds. The second kappa shape index (κ2) is 18.3. The van der Waals surface area contributed by atoms with Crippen molar-refractivity contribution in [1.82, 2.24) is 39.9 Å². The molecule has 10 rings (SSSR count). The van der Waals surface area contributed by atoms with Gasteiger partial charge in [-0.15, -0.1) is 0 Å². The van der Waals surface area contributed by atoms with Crippen molar-refractivity contribution in [3.63, 3.8) is 0 Å². The van der Waals surface area contributed by atoms with Crippen molar-refractivity contribution < 1.29 is 19.8 Å². The third-order valence-electron chi connectivity index (χ3n) is 11.6. The molecule has 64 heavy (non-hydrogen) atoms. The van der Waals surface area contributed by atoms with E-state index in [1.54, 1.807) is 61.7 Å². The fraction of sp³-hybridized carbons (Fsp3) is 0.208. The van der Waals surface area contributed by atoms with Gasteiger partial charge in [-0.25, -0.2) is 19.9 Å². The van der Waals surface area contributed by atoms with Crippen LogP contribution in [0.5, 0.6) is 0 Å². The van der Waals surface area contributed by atoms with Crippen LogP contribution in [0.15, 0.2) is 123 Å². The number of carbonyl (C=O) groups excluding carboxylic acids is 2. The predicted molar refractivity (Wildman–Crippen MR) is 243 cm³/mol. The lowest BCUT2D eigenvalue weighted by Gasteiger charge is -2.11. The normalized spacial score (nSPS) is 17.3. The Morgan fingerprint density at radius 2 is 1.02 bits per heavy atom. The van der Waals surface area contributed by atoms with E-state index in [-0.39, 0.29) is 48.7 Å². The summed E-state index contributed by atoms with van der Waals surface area (Å²) in [6.07, 6.45) is 19.7. The summed E-state index contributed by atoms with van der Waals surface area (Å²) in [5, 5.41) is 27.6. The van der Waals surface area contributed by atoms with Crippen LogP contribution in [0, 0.1) is 11.8 Å². The molecule has 0 bridgehead atoms. The number of nitrogen functional groups attached to an aromatic ring is 2. The van der Waals surface area contributed by atoms with E-state index in [4.69, 9.17) is 11.5 Å². The van der Waals surface area contributed by atoms with Gasteiger partial charge >= 0.3 is 0 Å². The molecule has 320 valence electrons. The first kappa shape index (κ1) is 41.5. The molecule has 2 fully saturated rings. The highest BCUT2D eigenvalue weighted by Crippen LogP contribution is 2.48. The van der Waals surface area contributed by atoms with Crippen molar-refractivity contribution in [3.05, 3.63) is 145 Å². The Balaban J connectivity index is 0.000000162. The Labute approximate surface area is 367 Å². The second-order valence-electron chi connectivity index (χ2n) is 15.8. The molecule has 0 unspecified atom stereocenters. The van der Waals surface area contributed by atoms with Gasteiger partial charge < -0.3 is 32.3 Å².